The number of hydrogen-bond acceptors (Lipinski definition) is 4. The molecule has 0 N–H and O–H groups in total. The molecule has 2 aromatic heterocycles. The fraction of sp³-hybridized carbons (Fsp3) is 0.385. The Balaban J connectivity index is 2.19. The van der Waals surface area contributed by atoms with Crippen LogP contribution < -0.4 is 0 Å². The van der Waals surface area contributed by atoms with Crippen LogP contribution in [0, 0.1) is 0 Å². The molecular weight excluding hydrogens is 269 g/mol. The quantitative estimate of drug-likeness (QED) is 0.806. The van der Waals surface area contributed by atoms with Crippen LogP contribution in [0.15, 0.2) is 18.7 Å². The van der Waals surface area contributed by atoms with E-state index >= 15 is 0 Å². The van der Waals surface area contributed by atoms with Crippen LogP contribution in [-0.2, 0) is 19.0 Å². The van der Waals surface area contributed by atoms with Crippen LogP contribution in [0.4, 0.5) is 13.2 Å². The Hall–Kier alpha value is -2.05. The van der Waals surface area contributed by atoms with E-state index in [4.69, 9.17) is 0 Å². The molecule has 0 spiro atoms. The molecule has 0 bridgehead atoms. The summed E-state index contributed by atoms with van der Waals surface area (Å²) >= 11 is 0. The van der Waals surface area contributed by atoms with Crippen LogP contribution in [0.3, 0.4) is 0 Å². The maximum absolute atomic E-state index is 13.2. The minimum atomic E-state index is -4.46. The Bertz CT molecular complexity index is 626. The molecule has 1 aliphatic carbocycles. The zero-order chi connectivity index (χ0) is 14.2. The Labute approximate surface area is 113 Å². The van der Waals surface area contributed by atoms with Gasteiger partial charge < -0.3 is 0 Å². The molecule has 0 saturated heterocycles. The predicted octanol–water partition coefficient (Wildman–Crippen LogP) is 2.83. The van der Waals surface area contributed by atoms with Gasteiger partial charge in [0, 0.05) is 23.7 Å². The molecule has 0 aromatic carbocycles. The van der Waals surface area contributed by atoms with E-state index in [1.54, 1.807) is 0 Å². The Morgan fingerprint density at radius 1 is 0.950 bits per heavy atom. The SMILES string of the molecule is FC(F)(F)c1nc(-c2cncnc2)nc2c1CCCC2. The highest BCUT2D eigenvalue weighted by Crippen LogP contribution is 2.35. The zero-order valence-corrected chi connectivity index (χ0v) is 10.5. The molecule has 0 atom stereocenters. The molecule has 7 heteroatoms. The number of hydrogen-bond donors (Lipinski definition) is 0. The molecule has 104 valence electrons. The van der Waals surface area contributed by atoms with Crippen LogP contribution in [0.25, 0.3) is 11.4 Å². The van der Waals surface area contributed by atoms with Crippen LogP contribution in [0.1, 0.15) is 29.8 Å². The summed E-state index contributed by atoms with van der Waals surface area (Å²) in [5, 5.41) is 0. The van der Waals surface area contributed by atoms with Crippen molar-refractivity contribution in [2.45, 2.75) is 31.9 Å². The fourth-order valence-electron chi connectivity index (χ4n) is 2.37. The topological polar surface area (TPSA) is 51.6 Å². The van der Waals surface area contributed by atoms with Crippen molar-refractivity contribution in [3.8, 4) is 11.4 Å². The first-order chi connectivity index (χ1) is 9.55. The van der Waals surface area contributed by atoms with Gasteiger partial charge in [-0.15, -0.1) is 0 Å². The van der Waals surface area contributed by atoms with Gasteiger partial charge in [-0.2, -0.15) is 13.2 Å². The van der Waals surface area contributed by atoms with E-state index < -0.39 is 11.9 Å². The molecule has 4 nitrogen and oxygen atoms in total. The molecular formula is C13H11F3N4. The minimum Gasteiger partial charge on any atom is -0.244 e. The summed E-state index contributed by atoms with van der Waals surface area (Å²) in [5.74, 6) is 0.0403. The van der Waals surface area contributed by atoms with Gasteiger partial charge in [-0.3, -0.25) is 0 Å². The zero-order valence-electron chi connectivity index (χ0n) is 10.5. The van der Waals surface area contributed by atoms with Gasteiger partial charge in [0.05, 0.1) is 5.56 Å². The van der Waals surface area contributed by atoms with Crippen molar-refractivity contribution in [3.05, 3.63) is 35.7 Å². The number of fused-ring (bicyclic) bond motifs is 1. The van der Waals surface area contributed by atoms with E-state index in [2.05, 4.69) is 19.9 Å². The van der Waals surface area contributed by atoms with Gasteiger partial charge >= 0.3 is 6.18 Å². The van der Waals surface area contributed by atoms with E-state index in [1.165, 1.54) is 18.7 Å². The molecule has 2 aromatic rings. The lowest BCUT2D eigenvalue weighted by molar-refractivity contribution is -0.142. The van der Waals surface area contributed by atoms with Gasteiger partial charge in [-0.25, -0.2) is 19.9 Å². The third kappa shape index (κ3) is 2.35. The van der Waals surface area contributed by atoms with E-state index in [0.29, 0.717) is 24.1 Å². The lowest BCUT2D eigenvalue weighted by Crippen LogP contribution is -2.19. The molecule has 0 aliphatic heterocycles. The average molecular weight is 280 g/mol. The highest BCUT2D eigenvalue weighted by atomic mass is 19.4. The van der Waals surface area contributed by atoms with Gasteiger partial charge in [0.1, 0.15) is 6.33 Å². The number of aromatic nitrogens is 4. The summed E-state index contributed by atoms with van der Waals surface area (Å²) in [6.45, 7) is 0. The van der Waals surface area contributed by atoms with Crippen LogP contribution in [0.2, 0.25) is 0 Å². The van der Waals surface area contributed by atoms with Crippen molar-refractivity contribution < 1.29 is 13.2 Å². The first kappa shape index (κ1) is 13.0. The highest BCUT2D eigenvalue weighted by Gasteiger charge is 2.38. The first-order valence-corrected chi connectivity index (χ1v) is 6.28. The summed E-state index contributed by atoms with van der Waals surface area (Å²) in [6.07, 6.45) is 2.22. The first-order valence-electron chi connectivity index (χ1n) is 6.28. The normalized spacial score (nSPS) is 14.9. The molecule has 20 heavy (non-hydrogen) atoms. The van der Waals surface area contributed by atoms with Gasteiger partial charge in [-0.05, 0) is 25.7 Å². The standard InChI is InChI=1S/C13H11F3N4/c14-13(15,16)11-9-3-1-2-4-10(9)19-12(20-11)8-5-17-7-18-6-8/h5-7H,1-4H2. The Morgan fingerprint density at radius 3 is 2.35 bits per heavy atom. The lowest BCUT2D eigenvalue weighted by atomic mass is 9.94. The molecule has 2 heterocycles. The second-order valence-corrected chi connectivity index (χ2v) is 4.65. The highest BCUT2D eigenvalue weighted by molar-refractivity contribution is 5.53. The molecule has 1 aliphatic rings. The number of rotatable bonds is 1. The third-order valence-corrected chi connectivity index (χ3v) is 3.27. The predicted molar refractivity (Wildman–Crippen MR) is 64.7 cm³/mol. The fourth-order valence-corrected chi connectivity index (χ4v) is 2.37. The van der Waals surface area contributed by atoms with Crippen molar-refractivity contribution in [2.24, 2.45) is 0 Å². The molecule has 0 unspecified atom stereocenters. The summed E-state index contributed by atoms with van der Waals surface area (Å²) < 4.78 is 39.5. The van der Waals surface area contributed by atoms with Crippen LogP contribution in [-0.4, -0.2) is 19.9 Å². The van der Waals surface area contributed by atoms with E-state index in [-0.39, 0.29) is 11.4 Å². The molecule has 0 saturated carbocycles. The second kappa shape index (κ2) is 4.81. The van der Waals surface area contributed by atoms with E-state index in [0.717, 1.165) is 12.8 Å². The Kier molecular flexibility index (Phi) is 3.11. The summed E-state index contributed by atoms with van der Waals surface area (Å²) in [5.41, 5.74) is 0.314. The van der Waals surface area contributed by atoms with E-state index in [1.807, 2.05) is 0 Å². The molecule has 0 amide bonds. The van der Waals surface area contributed by atoms with Crippen LogP contribution >= 0.6 is 0 Å². The number of alkyl halides is 3. The van der Waals surface area contributed by atoms with Gasteiger partial charge in [0.15, 0.2) is 11.5 Å². The molecule has 0 fully saturated rings. The van der Waals surface area contributed by atoms with Crippen molar-refractivity contribution in [1.29, 1.82) is 0 Å². The monoisotopic (exact) mass is 280 g/mol. The lowest BCUT2D eigenvalue weighted by Gasteiger charge is -2.20. The van der Waals surface area contributed by atoms with Crippen molar-refractivity contribution >= 4 is 0 Å². The minimum absolute atomic E-state index is 0.0403. The Morgan fingerprint density at radius 2 is 1.65 bits per heavy atom. The van der Waals surface area contributed by atoms with Gasteiger partial charge in [0.2, 0.25) is 0 Å². The maximum atomic E-state index is 13.2. The van der Waals surface area contributed by atoms with Crippen molar-refractivity contribution in [3.63, 3.8) is 0 Å². The van der Waals surface area contributed by atoms with Crippen molar-refractivity contribution in [2.75, 3.05) is 0 Å². The van der Waals surface area contributed by atoms with Crippen molar-refractivity contribution in [1.82, 2.24) is 19.9 Å². The summed E-state index contributed by atoms with van der Waals surface area (Å²) in [4.78, 5) is 15.6. The number of aryl methyl sites for hydroxylation is 1. The summed E-state index contributed by atoms with van der Waals surface area (Å²) in [6, 6.07) is 0. The maximum Gasteiger partial charge on any atom is 0.433 e. The number of nitrogens with zero attached hydrogens (tertiary/aromatic N) is 4. The van der Waals surface area contributed by atoms with Crippen LogP contribution in [0.5, 0.6) is 0 Å². The third-order valence-electron chi connectivity index (χ3n) is 3.27. The van der Waals surface area contributed by atoms with Gasteiger partial charge in [-0.1, -0.05) is 0 Å². The molecule has 3 rings (SSSR count). The molecule has 0 radical (unpaired) electrons. The largest absolute Gasteiger partial charge is 0.433 e. The summed E-state index contributed by atoms with van der Waals surface area (Å²) in [7, 11) is 0. The number of halogens is 3. The van der Waals surface area contributed by atoms with E-state index in [9.17, 15) is 13.2 Å². The smallest absolute Gasteiger partial charge is 0.244 e. The average Bonchev–Trinajstić information content (AvgIpc) is 2.46. The second-order valence-electron chi connectivity index (χ2n) is 4.65. The van der Waals surface area contributed by atoms with Gasteiger partial charge in [0.25, 0.3) is 0 Å².